The van der Waals surface area contributed by atoms with Gasteiger partial charge in [-0.15, -0.1) is 22.7 Å². The van der Waals surface area contributed by atoms with Gasteiger partial charge >= 0.3 is 0 Å². The summed E-state index contributed by atoms with van der Waals surface area (Å²) in [5.74, 6) is 0.234. The molecule has 1 aliphatic rings. The number of thiazole rings is 1. The largest absolute Gasteiger partial charge is 0.352 e. The standard InChI is InChI=1S/C21H21FN4S2/c1-3-26-9-7-13(12(26)2)18-10-14-15(6-8-23-21(14)28-18)25-16-4-5-17-20(19(16)22)24-11-27-17/h4-6,8,10-13H,3,7,9H2,1-2H3,(H,23,25). The third-order valence-electron chi connectivity index (χ3n) is 5.82. The molecule has 4 aromatic rings. The Morgan fingerprint density at radius 3 is 2.96 bits per heavy atom. The van der Waals surface area contributed by atoms with Crippen LogP contribution in [0.1, 0.15) is 31.1 Å². The van der Waals surface area contributed by atoms with Crippen molar-refractivity contribution in [3.63, 3.8) is 0 Å². The fourth-order valence-corrected chi connectivity index (χ4v) is 6.15. The van der Waals surface area contributed by atoms with E-state index in [9.17, 15) is 4.39 Å². The van der Waals surface area contributed by atoms with Crippen LogP contribution in [0.15, 0.2) is 36.0 Å². The minimum atomic E-state index is -0.304. The average Bonchev–Trinajstić information content (AvgIpc) is 3.41. The quantitative estimate of drug-likeness (QED) is 0.447. The Kier molecular flexibility index (Phi) is 4.53. The van der Waals surface area contributed by atoms with Crippen molar-refractivity contribution in [3.8, 4) is 0 Å². The molecule has 28 heavy (non-hydrogen) atoms. The van der Waals surface area contributed by atoms with Gasteiger partial charge < -0.3 is 10.2 Å². The third kappa shape index (κ3) is 2.89. The minimum Gasteiger partial charge on any atom is -0.352 e. The molecule has 1 aliphatic heterocycles. The highest BCUT2D eigenvalue weighted by atomic mass is 32.1. The van der Waals surface area contributed by atoms with Crippen LogP contribution in [0.3, 0.4) is 0 Å². The Morgan fingerprint density at radius 1 is 1.25 bits per heavy atom. The van der Waals surface area contributed by atoms with Crippen LogP contribution in [0.2, 0.25) is 0 Å². The van der Waals surface area contributed by atoms with Gasteiger partial charge in [0.05, 0.1) is 21.6 Å². The van der Waals surface area contributed by atoms with E-state index in [2.05, 4.69) is 40.1 Å². The summed E-state index contributed by atoms with van der Waals surface area (Å²) in [6.45, 7) is 6.78. The Labute approximate surface area is 171 Å². The van der Waals surface area contributed by atoms with Crippen LogP contribution in [0.25, 0.3) is 20.4 Å². The number of benzene rings is 1. The number of halogens is 1. The summed E-state index contributed by atoms with van der Waals surface area (Å²) in [6, 6.07) is 8.40. The Morgan fingerprint density at radius 2 is 2.14 bits per heavy atom. The van der Waals surface area contributed by atoms with Gasteiger partial charge in [-0.1, -0.05) is 6.92 Å². The maximum atomic E-state index is 14.8. The summed E-state index contributed by atoms with van der Waals surface area (Å²) in [4.78, 5) is 13.6. The first-order valence-corrected chi connectivity index (χ1v) is 11.3. The molecule has 1 N–H and O–H groups in total. The van der Waals surface area contributed by atoms with Crippen LogP contribution in [0.5, 0.6) is 0 Å². The molecule has 4 nitrogen and oxygen atoms in total. The van der Waals surface area contributed by atoms with Crippen molar-refractivity contribution in [1.82, 2.24) is 14.9 Å². The molecule has 144 valence electrons. The van der Waals surface area contributed by atoms with Crippen molar-refractivity contribution < 1.29 is 4.39 Å². The number of likely N-dealkylation sites (tertiary alicyclic amines) is 1. The van der Waals surface area contributed by atoms with E-state index in [-0.39, 0.29) is 5.82 Å². The maximum absolute atomic E-state index is 14.8. The van der Waals surface area contributed by atoms with Crippen molar-refractivity contribution in [2.75, 3.05) is 18.4 Å². The number of thiophene rings is 1. The lowest BCUT2D eigenvalue weighted by Crippen LogP contribution is -2.28. The van der Waals surface area contributed by atoms with E-state index >= 15 is 0 Å². The summed E-state index contributed by atoms with van der Waals surface area (Å²) in [6.07, 6.45) is 2.97. The molecule has 1 aromatic carbocycles. The van der Waals surface area contributed by atoms with Gasteiger partial charge in [0.2, 0.25) is 0 Å². The Bertz CT molecular complexity index is 1150. The zero-order valence-corrected chi connectivity index (χ0v) is 17.4. The van der Waals surface area contributed by atoms with Crippen molar-refractivity contribution in [2.24, 2.45) is 0 Å². The highest BCUT2D eigenvalue weighted by Gasteiger charge is 2.32. The summed E-state index contributed by atoms with van der Waals surface area (Å²) >= 11 is 3.21. The van der Waals surface area contributed by atoms with Crippen LogP contribution >= 0.6 is 22.7 Å². The first kappa shape index (κ1) is 18.0. The second-order valence-corrected chi connectivity index (χ2v) is 9.19. The smallest absolute Gasteiger partial charge is 0.173 e. The summed E-state index contributed by atoms with van der Waals surface area (Å²) < 4.78 is 15.7. The predicted molar refractivity (Wildman–Crippen MR) is 117 cm³/mol. The molecule has 1 fully saturated rings. The van der Waals surface area contributed by atoms with Gasteiger partial charge in [0.25, 0.3) is 0 Å². The molecular weight excluding hydrogens is 391 g/mol. The van der Waals surface area contributed by atoms with Gasteiger partial charge in [-0.3, -0.25) is 0 Å². The number of anilines is 2. The Balaban J connectivity index is 1.51. The van der Waals surface area contributed by atoms with Crippen molar-refractivity contribution >= 4 is 54.5 Å². The van der Waals surface area contributed by atoms with Crippen molar-refractivity contribution in [1.29, 1.82) is 0 Å². The zero-order valence-electron chi connectivity index (χ0n) is 15.8. The molecule has 2 unspecified atom stereocenters. The van der Waals surface area contributed by atoms with Gasteiger partial charge in [0.1, 0.15) is 10.3 Å². The average molecular weight is 413 g/mol. The summed E-state index contributed by atoms with van der Waals surface area (Å²) in [5.41, 5.74) is 3.44. The lowest BCUT2D eigenvalue weighted by atomic mass is 9.99. The van der Waals surface area contributed by atoms with Crippen molar-refractivity contribution in [2.45, 2.75) is 32.2 Å². The number of pyridine rings is 1. The van der Waals surface area contributed by atoms with E-state index in [4.69, 9.17) is 0 Å². The zero-order chi connectivity index (χ0) is 19.3. The summed E-state index contributed by atoms with van der Waals surface area (Å²) in [5, 5.41) is 4.34. The number of fused-ring (bicyclic) bond motifs is 2. The van der Waals surface area contributed by atoms with E-state index in [0.717, 1.165) is 33.7 Å². The number of aromatic nitrogens is 2. The number of hydrogen-bond donors (Lipinski definition) is 1. The van der Waals surface area contributed by atoms with Gasteiger partial charge in [-0.25, -0.2) is 14.4 Å². The first-order chi connectivity index (χ1) is 13.7. The molecule has 0 spiro atoms. The molecule has 5 rings (SSSR count). The van der Waals surface area contributed by atoms with Crippen LogP contribution in [0.4, 0.5) is 15.8 Å². The number of nitrogens with zero attached hydrogens (tertiary/aromatic N) is 3. The molecule has 0 aliphatic carbocycles. The van der Waals surface area contributed by atoms with Crippen LogP contribution < -0.4 is 5.32 Å². The first-order valence-electron chi connectivity index (χ1n) is 9.57. The van der Waals surface area contributed by atoms with Crippen molar-refractivity contribution in [3.05, 3.63) is 46.7 Å². The fourth-order valence-electron chi connectivity index (χ4n) is 4.22. The normalized spacial score (nSPS) is 20.4. The SMILES string of the molecule is CCN1CCC(c2cc3c(Nc4ccc5scnc5c4F)ccnc3s2)C1C. The topological polar surface area (TPSA) is 41.0 Å². The van der Waals surface area contributed by atoms with Gasteiger partial charge in [0, 0.05) is 28.4 Å². The molecule has 2 atom stereocenters. The van der Waals surface area contributed by atoms with Gasteiger partial charge in [0.15, 0.2) is 5.82 Å². The number of rotatable bonds is 4. The number of nitrogens with one attached hydrogen (secondary N) is 1. The molecule has 7 heteroatoms. The van der Waals surface area contributed by atoms with E-state index in [1.165, 1.54) is 22.6 Å². The van der Waals surface area contributed by atoms with E-state index in [1.54, 1.807) is 29.1 Å². The lowest BCUT2D eigenvalue weighted by Gasteiger charge is -2.22. The van der Waals surface area contributed by atoms with Gasteiger partial charge in [-0.2, -0.15) is 0 Å². The van der Waals surface area contributed by atoms with E-state index < -0.39 is 0 Å². The minimum absolute atomic E-state index is 0.304. The highest BCUT2D eigenvalue weighted by molar-refractivity contribution is 7.18. The summed E-state index contributed by atoms with van der Waals surface area (Å²) in [7, 11) is 0. The molecule has 0 radical (unpaired) electrons. The van der Waals surface area contributed by atoms with Crippen LogP contribution in [0, 0.1) is 5.82 Å². The number of likely N-dealkylation sites (N-methyl/N-ethyl adjacent to an activating group) is 1. The fraction of sp³-hybridized carbons (Fsp3) is 0.333. The van der Waals surface area contributed by atoms with Crippen LogP contribution in [-0.2, 0) is 0 Å². The lowest BCUT2D eigenvalue weighted by molar-refractivity contribution is 0.274. The monoisotopic (exact) mass is 412 g/mol. The molecule has 3 aromatic heterocycles. The second-order valence-electron chi connectivity index (χ2n) is 7.24. The maximum Gasteiger partial charge on any atom is 0.173 e. The van der Waals surface area contributed by atoms with E-state index in [0.29, 0.717) is 23.2 Å². The van der Waals surface area contributed by atoms with E-state index in [1.807, 2.05) is 12.1 Å². The van der Waals surface area contributed by atoms with Crippen LogP contribution in [-0.4, -0.2) is 34.0 Å². The molecule has 0 amide bonds. The predicted octanol–water partition coefficient (Wildman–Crippen LogP) is 5.99. The molecule has 0 saturated carbocycles. The third-order valence-corrected chi connectivity index (χ3v) is 7.79. The molecule has 0 bridgehead atoms. The highest BCUT2D eigenvalue weighted by Crippen LogP contribution is 2.41. The molecule has 1 saturated heterocycles. The second kappa shape index (κ2) is 7.06. The molecule has 4 heterocycles. The Hall–Kier alpha value is -2.09. The number of hydrogen-bond acceptors (Lipinski definition) is 6. The molecular formula is C21H21FN4S2. The van der Waals surface area contributed by atoms with Gasteiger partial charge in [-0.05, 0) is 50.7 Å².